The first-order valence-electron chi connectivity index (χ1n) is 5.16. The smallest absolute Gasteiger partial charge is 0.258 e. The molecule has 17 heavy (non-hydrogen) atoms. The predicted molar refractivity (Wildman–Crippen MR) is 64.3 cm³/mol. The zero-order valence-electron chi connectivity index (χ0n) is 9.65. The van der Waals surface area contributed by atoms with E-state index in [-0.39, 0.29) is 5.91 Å². The molecule has 0 spiro atoms. The Kier molecular flexibility index (Phi) is 3.09. The number of carbonyl (C=O) groups is 1. The Balaban J connectivity index is 2.19. The van der Waals surface area contributed by atoms with E-state index in [1.807, 2.05) is 13.0 Å². The molecule has 0 unspecified atom stereocenters. The molecule has 0 aliphatic rings. The minimum atomic E-state index is -0.224. The highest BCUT2D eigenvalue weighted by Gasteiger charge is 2.09. The van der Waals surface area contributed by atoms with Gasteiger partial charge in [-0.25, -0.2) is 4.98 Å². The molecule has 1 amide bonds. The van der Waals surface area contributed by atoms with Crippen LogP contribution in [0.2, 0.25) is 0 Å². The zero-order valence-corrected chi connectivity index (χ0v) is 9.65. The van der Waals surface area contributed by atoms with Crippen molar-refractivity contribution >= 4 is 11.9 Å². The van der Waals surface area contributed by atoms with Gasteiger partial charge in [-0.05, 0) is 24.6 Å². The van der Waals surface area contributed by atoms with Crippen LogP contribution in [0.3, 0.4) is 0 Å². The Labute approximate surface area is 98.8 Å². The summed E-state index contributed by atoms with van der Waals surface area (Å²) in [5.41, 5.74) is 1.52. The molecule has 0 atom stereocenters. The lowest BCUT2D eigenvalue weighted by Crippen LogP contribution is -2.13. The predicted octanol–water partition coefficient (Wildman–Crippen LogP) is 1.98. The molecule has 88 valence electrons. The average molecular weight is 231 g/mol. The topological polar surface area (TPSA) is 67.0 Å². The Hall–Kier alpha value is -2.30. The number of H-pyrrole nitrogens is 1. The van der Waals surface area contributed by atoms with Gasteiger partial charge in [0.25, 0.3) is 5.91 Å². The number of hydrogen-bond donors (Lipinski definition) is 2. The zero-order chi connectivity index (χ0) is 12.3. The molecule has 1 heterocycles. The maximum absolute atomic E-state index is 11.9. The lowest BCUT2D eigenvalue weighted by Gasteiger charge is -2.07. The number of hydrogen-bond acceptors (Lipinski definition) is 3. The lowest BCUT2D eigenvalue weighted by molar-refractivity contribution is 0.102. The van der Waals surface area contributed by atoms with Crippen LogP contribution in [0, 0.1) is 6.92 Å². The summed E-state index contributed by atoms with van der Waals surface area (Å²) in [7, 11) is 1.58. The molecular formula is C12H13N3O2. The highest BCUT2D eigenvalue weighted by molar-refractivity contribution is 6.03. The van der Waals surface area contributed by atoms with Gasteiger partial charge in [-0.15, -0.1) is 0 Å². The van der Waals surface area contributed by atoms with Gasteiger partial charge in [0.2, 0.25) is 5.95 Å². The van der Waals surface area contributed by atoms with Crippen molar-refractivity contribution in [3.63, 3.8) is 0 Å². The largest absolute Gasteiger partial charge is 0.496 e. The number of nitrogens with zero attached hydrogens (tertiary/aromatic N) is 1. The molecule has 0 aliphatic heterocycles. The molecule has 0 fully saturated rings. The number of anilines is 1. The second kappa shape index (κ2) is 4.69. The Morgan fingerprint density at radius 2 is 2.29 bits per heavy atom. The van der Waals surface area contributed by atoms with Crippen molar-refractivity contribution in [3.05, 3.63) is 41.7 Å². The first-order chi connectivity index (χ1) is 8.20. The van der Waals surface area contributed by atoms with Crippen molar-refractivity contribution in [1.29, 1.82) is 0 Å². The summed E-state index contributed by atoms with van der Waals surface area (Å²) in [6.07, 6.45) is 3.22. The summed E-state index contributed by atoms with van der Waals surface area (Å²) in [5.74, 6) is 0.893. The van der Waals surface area contributed by atoms with E-state index < -0.39 is 0 Å². The number of ether oxygens (including phenoxy) is 1. The van der Waals surface area contributed by atoms with Gasteiger partial charge < -0.3 is 9.72 Å². The van der Waals surface area contributed by atoms with Crippen molar-refractivity contribution in [2.45, 2.75) is 6.92 Å². The molecule has 2 N–H and O–H groups in total. The average Bonchev–Trinajstić information content (AvgIpc) is 2.82. The van der Waals surface area contributed by atoms with Gasteiger partial charge >= 0.3 is 0 Å². The van der Waals surface area contributed by atoms with Crippen LogP contribution in [0.4, 0.5) is 5.95 Å². The van der Waals surface area contributed by atoms with E-state index in [2.05, 4.69) is 15.3 Å². The second-order valence-corrected chi connectivity index (χ2v) is 3.58. The third-order valence-electron chi connectivity index (χ3n) is 2.40. The number of methoxy groups -OCH3 is 1. The molecule has 1 aromatic heterocycles. The van der Waals surface area contributed by atoms with Gasteiger partial charge in [-0.1, -0.05) is 6.07 Å². The number of imidazole rings is 1. The van der Waals surface area contributed by atoms with Crippen LogP contribution in [-0.4, -0.2) is 23.0 Å². The molecule has 2 rings (SSSR count). The maximum Gasteiger partial charge on any atom is 0.258 e. The van der Waals surface area contributed by atoms with Crippen molar-refractivity contribution < 1.29 is 9.53 Å². The first kappa shape index (κ1) is 11.2. The maximum atomic E-state index is 11.9. The number of benzene rings is 1. The monoisotopic (exact) mass is 231 g/mol. The van der Waals surface area contributed by atoms with Crippen molar-refractivity contribution in [2.24, 2.45) is 0 Å². The number of amides is 1. The van der Waals surface area contributed by atoms with E-state index in [1.165, 1.54) is 0 Å². The van der Waals surface area contributed by atoms with E-state index in [1.54, 1.807) is 31.6 Å². The number of aromatic nitrogens is 2. The van der Waals surface area contributed by atoms with Crippen LogP contribution >= 0.6 is 0 Å². The molecule has 5 nitrogen and oxygen atoms in total. The van der Waals surface area contributed by atoms with Crippen LogP contribution in [0.1, 0.15) is 15.9 Å². The summed E-state index contributed by atoms with van der Waals surface area (Å²) < 4.78 is 5.17. The highest BCUT2D eigenvalue weighted by Crippen LogP contribution is 2.19. The number of aromatic amines is 1. The van der Waals surface area contributed by atoms with E-state index >= 15 is 0 Å². The van der Waals surface area contributed by atoms with Gasteiger partial charge in [-0.3, -0.25) is 10.1 Å². The van der Waals surface area contributed by atoms with Crippen molar-refractivity contribution in [1.82, 2.24) is 9.97 Å². The van der Waals surface area contributed by atoms with Crippen LogP contribution in [0.5, 0.6) is 5.75 Å². The summed E-state index contributed by atoms with van der Waals surface area (Å²) in [4.78, 5) is 18.6. The third kappa shape index (κ3) is 2.44. The van der Waals surface area contributed by atoms with Crippen LogP contribution in [0.25, 0.3) is 0 Å². The molecule has 1 aromatic carbocycles. The molecular weight excluding hydrogens is 218 g/mol. The van der Waals surface area contributed by atoms with E-state index in [0.717, 1.165) is 5.56 Å². The molecule has 0 radical (unpaired) electrons. The fourth-order valence-electron chi connectivity index (χ4n) is 1.47. The standard InChI is InChI=1S/C12H13N3O2/c1-8-3-4-9(7-10(8)17-2)11(16)15-12-13-5-6-14-12/h3-7H,1-2H3,(H2,13,14,15,16). The molecule has 2 aromatic rings. The summed E-state index contributed by atoms with van der Waals surface area (Å²) in [6, 6.07) is 5.29. The molecule has 0 saturated carbocycles. The SMILES string of the molecule is COc1cc(C(=O)Nc2ncc[nH]2)ccc1C. The minimum Gasteiger partial charge on any atom is -0.496 e. The number of aryl methyl sites for hydroxylation is 1. The molecule has 0 bridgehead atoms. The van der Waals surface area contributed by atoms with Crippen LogP contribution < -0.4 is 10.1 Å². The normalized spacial score (nSPS) is 10.0. The van der Waals surface area contributed by atoms with Gasteiger partial charge in [0.15, 0.2) is 0 Å². The number of carbonyl (C=O) groups excluding carboxylic acids is 1. The Bertz CT molecular complexity index is 521. The highest BCUT2D eigenvalue weighted by atomic mass is 16.5. The van der Waals surface area contributed by atoms with Gasteiger partial charge in [-0.2, -0.15) is 0 Å². The van der Waals surface area contributed by atoms with Gasteiger partial charge in [0.1, 0.15) is 5.75 Å². The lowest BCUT2D eigenvalue weighted by atomic mass is 10.1. The minimum absolute atomic E-state index is 0.224. The van der Waals surface area contributed by atoms with Crippen LogP contribution in [0.15, 0.2) is 30.6 Å². The van der Waals surface area contributed by atoms with E-state index in [9.17, 15) is 4.79 Å². The van der Waals surface area contributed by atoms with Crippen LogP contribution in [-0.2, 0) is 0 Å². The van der Waals surface area contributed by atoms with Crippen molar-refractivity contribution in [3.8, 4) is 5.75 Å². The van der Waals surface area contributed by atoms with E-state index in [4.69, 9.17) is 4.74 Å². The molecule has 0 saturated heterocycles. The molecule has 5 heteroatoms. The Morgan fingerprint density at radius 1 is 1.47 bits per heavy atom. The number of rotatable bonds is 3. The first-order valence-corrected chi connectivity index (χ1v) is 5.16. The Morgan fingerprint density at radius 3 is 2.94 bits per heavy atom. The summed E-state index contributed by atoms with van der Waals surface area (Å²) in [6.45, 7) is 1.92. The fourth-order valence-corrected chi connectivity index (χ4v) is 1.47. The quantitative estimate of drug-likeness (QED) is 0.848. The van der Waals surface area contributed by atoms with Gasteiger partial charge in [0.05, 0.1) is 7.11 Å². The van der Waals surface area contributed by atoms with E-state index in [0.29, 0.717) is 17.3 Å². The molecule has 0 aliphatic carbocycles. The fraction of sp³-hybridized carbons (Fsp3) is 0.167. The van der Waals surface area contributed by atoms with Crippen molar-refractivity contribution in [2.75, 3.05) is 12.4 Å². The third-order valence-corrected chi connectivity index (χ3v) is 2.40. The summed E-state index contributed by atoms with van der Waals surface area (Å²) in [5, 5.41) is 2.65. The summed E-state index contributed by atoms with van der Waals surface area (Å²) >= 11 is 0. The van der Waals surface area contributed by atoms with Gasteiger partial charge in [0, 0.05) is 18.0 Å². The second-order valence-electron chi connectivity index (χ2n) is 3.58. The number of nitrogens with one attached hydrogen (secondary N) is 2.